The average molecular weight is 204 g/mol. The SMILES string of the molecule is CC(C)(S)c1nccc2cccnc12. The Morgan fingerprint density at radius 1 is 1.14 bits per heavy atom. The highest BCUT2D eigenvalue weighted by Crippen LogP contribution is 2.29. The molecule has 2 nitrogen and oxygen atoms in total. The number of aromatic nitrogens is 2. The Kier molecular flexibility index (Phi) is 2.19. The van der Waals surface area contributed by atoms with Crippen molar-refractivity contribution in [1.82, 2.24) is 9.97 Å². The van der Waals surface area contributed by atoms with Gasteiger partial charge in [-0.15, -0.1) is 0 Å². The summed E-state index contributed by atoms with van der Waals surface area (Å²) in [6.07, 6.45) is 3.59. The zero-order valence-electron chi connectivity index (χ0n) is 8.23. The van der Waals surface area contributed by atoms with Crippen LogP contribution in [0.15, 0.2) is 30.6 Å². The van der Waals surface area contributed by atoms with E-state index >= 15 is 0 Å². The first kappa shape index (κ1) is 9.46. The number of hydrogen-bond donors (Lipinski definition) is 1. The van der Waals surface area contributed by atoms with E-state index in [-0.39, 0.29) is 4.75 Å². The van der Waals surface area contributed by atoms with Gasteiger partial charge in [0.15, 0.2) is 0 Å². The van der Waals surface area contributed by atoms with Gasteiger partial charge in [0.25, 0.3) is 0 Å². The molecule has 2 rings (SSSR count). The Morgan fingerprint density at radius 2 is 1.93 bits per heavy atom. The molecule has 0 unspecified atom stereocenters. The molecule has 2 aromatic rings. The Balaban J connectivity index is 2.78. The van der Waals surface area contributed by atoms with E-state index in [1.165, 1.54) is 0 Å². The molecule has 0 aromatic carbocycles. The van der Waals surface area contributed by atoms with Gasteiger partial charge in [0.2, 0.25) is 0 Å². The Hall–Kier alpha value is -1.09. The Labute approximate surface area is 88.8 Å². The van der Waals surface area contributed by atoms with Crippen LogP contribution in [-0.4, -0.2) is 9.97 Å². The summed E-state index contributed by atoms with van der Waals surface area (Å²) >= 11 is 4.52. The van der Waals surface area contributed by atoms with Crippen LogP contribution < -0.4 is 0 Å². The van der Waals surface area contributed by atoms with Gasteiger partial charge in [-0.1, -0.05) is 6.07 Å². The van der Waals surface area contributed by atoms with E-state index in [2.05, 4.69) is 22.6 Å². The molecule has 3 heteroatoms. The van der Waals surface area contributed by atoms with Crippen LogP contribution in [0.4, 0.5) is 0 Å². The molecule has 0 bridgehead atoms. The molecule has 0 spiro atoms. The van der Waals surface area contributed by atoms with Crippen molar-refractivity contribution in [1.29, 1.82) is 0 Å². The lowest BCUT2D eigenvalue weighted by Gasteiger charge is -2.17. The van der Waals surface area contributed by atoms with Crippen LogP contribution >= 0.6 is 12.6 Å². The van der Waals surface area contributed by atoms with Gasteiger partial charge in [0.05, 0.1) is 16.0 Å². The molecule has 0 N–H and O–H groups in total. The molecule has 0 fully saturated rings. The third-order valence-electron chi connectivity index (χ3n) is 2.10. The summed E-state index contributed by atoms with van der Waals surface area (Å²) in [5.41, 5.74) is 1.87. The van der Waals surface area contributed by atoms with Crippen LogP contribution in [-0.2, 0) is 4.75 Å². The highest BCUT2D eigenvalue weighted by atomic mass is 32.1. The van der Waals surface area contributed by atoms with Gasteiger partial charge < -0.3 is 0 Å². The van der Waals surface area contributed by atoms with Crippen molar-refractivity contribution in [3.05, 3.63) is 36.3 Å². The molecule has 0 radical (unpaired) electrons. The minimum Gasteiger partial charge on any atom is -0.258 e. The van der Waals surface area contributed by atoms with Crippen molar-refractivity contribution in [2.75, 3.05) is 0 Å². The minimum absolute atomic E-state index is 0.256. The van der Waals surface area contributed by atoms with Gasteiger partial charge in [0.1, 0.15) is 0 Å². The topological polar surface area (TPSA) is 25.8 Å². The number of nitrogens with zero attached hydrogens (tertiary/aromatic N) is 2. The standard InChI is InChI=1S/C11H12N2S/c1-11(2,14)10-9-8(5-7-13-10)4-3-6-12-9/h3-7,14H,1-2H3. The lowest BCUT2D eigenvalue weighted by atomic mass is 10.1. The third-order valence-corrected chi connectivity index (χ3v) is 2.31. The first-order chi connectivity index (χ1) is 6.59. The lowest BCUT2D eigenvalue weighted by Crippen LogP contribution is -2.11. The van der Waals surface area contributed by atoms with Gasteiger partial charge in [0, 0.05) is 17.8 Å². The van der Waals surface area contributed by atoms with Crippen molar-refractivity contribution in [3.8, 4) is 0 Å². The van der Waals surface area contributed by atoms with Crippen LogP contribution in [0.2, 0.25) is 0 Å². The molecule has 0 saturated heterocycles. The quantitative estimate of drug-likeness (QED) is 0.723. The summed E-state index contributed by atoms with van der Waals surface area (Å²) in [5.74, 6) is 0. The maximum Gasteiger partial charge on any atom is 0.0931 e. The second-order valence-electron chi connectivity index (χ2n) is 3.79. The van der Waals surface area contributed by atoms with Crippen molar-refractivity contribution in [2.45, 2.75) is 18.6 Å². The molecule has 0 aliphatic carbocycles. The van der Waals surface area contributed by atoms with E-state index in [1.807, 2.05) is 32.0 Å². The maximum atomic E-state index is 4.52. The highest BCUT2D eigenvalue weighted by Gasteiger charge is 2.19. The number of rotatable bonds is 1. The first-order valence-corrected chi connectivity index (χ1v) is 4.96. The van der Waals surface area contributed by atoms with Crippen molar-refractivity contribution < 1.29 is 0 Å². The zero-order chi connectivity index (χ0) is 10.2. The van der Waals surface area contributed by atoms with E-state index in [9.17, 15) is 0 Å². The van der Waals surface area contributed by atoms with Gasteiger partial charge in [-0.05, 0) is 26.0 Å². The molecule has 0 atom stereocenters. The lowest BCUT2D eigenvalue weighted by molar-refractivity contribution is 0.762. The summed E-state index contributed by atoms with van der Waals surface area (Å²) in [6.45, 7) is 4.04. The van der Waals surface area contributed by atoms with Gasteiger partial charge in [-0.3, -0.25) is 9.97 Å². The van der Waals surface area contributed by atoms with Crippen molar-refractivity contribution in [3.63, 3.8) is 0 Å². The molecule has 0 amide bonds. The maximum absolute atomic E-state index is 4.52. The molecule has 0 aliphatic rings. The summed E-state index contributed by atoms with van der Waals surface area (Å²) in [6, 6.07) is 5.93. The molecule has 0 saturated carbocycles. The second-order valence-corrected chi connectivity index (χ2v) is 4.91. The Bertz CT molecular complexity index is 455. The average Bonchev–Trinajstić information content (AvgIpc) is 2.15. The summed E-state index contributed by atoms with van der Waals surface area (Å²) < 4.78 is -0.256. The fraction of sp³-hybridized carbons (Fsp3) is 0.273. The van der Waals surface area contributed by atoms with Crippen molar-refractivity contribution >= 4 is 23.5 Å². The number of thiol groups is 1. The Morgan fingerprint density at radius 3 is 2.64 bits per heavy atom. The number of fused-ring (bicyclic) bond motifs is 1. The van der Waals surface area contributed by atoms with Gasteiger partial charge in [-0.2, -0.15) is 12.6 Å². The minimum atomic E-state index is -0.256. The summed E-state index contributed by atoms with van der Waals surface area (Å²) in [4.78, 5) is 8.68. The van der Waals surface area contributed by atoms with Crippen LogP contribution in [0.25, 0.3) is 10.9 Å². The van der Waals surface area contributed by atoms with E-state index in [0.717, 1.165) is 16.6 Å². The molecule has 0 aliphatic heterocycles. The van der Waals surface area contributed by atoms with Crippen LogP contribution in [0, 0.1) is 0 Å². The van der Waals surface area contributed by atoms with E-state index in [4.69, 9.17) is 0 Å². The summed E-state index contributed by atoms with van der Waals surface area (Å²) in [7, 11) is 0. The molecular weight excluding hydrogens is 192 g/mol. The van der Waals surface area contributed by atoms with Gasteiger partial charge >= 0.3 is 0 Å². The molecule has 14 heavy (non-hydrogen) atoms. The number of hydrogen-bond acceptors (Lipinski definition) is 3. The molecule has 72 valence electrons. The normalized spacial score (nSPS) is 11.9. The predicted molar refractivity (Wildman–Crippen MR) is 61.6 cm³/mol. The smallest absolute Gasteiger partial charge is 0.0931 e. The summed E-state index contributed by atoms with van der Waals surface area (Å²) in [5, 5.41) is 1.11. The molecular formula is C11H12N2S. The van der Waals surface area contributed by atoms with Crippen molar-refractivity contribution in [2.24, 2.45) is 0 Å². The molecule has 2 aromatic heterocycles. The zero-order valence-corrected chi connectivity index (χ0v) is 9.12. The third kappa shape index (κ3) is 1.60. The van der Waals surface area contributed by atoms with E-state index in [0.29, 0.717) is 0 Å². The van der Waals surface area contributed by atoms with Crippen LogP contribution in [0.1, 0.15) is 19.5 Å². The number of pyridine rings is 2. The first-order valence-electron chi connectivity index (χ1n) is 4.51. The second kappa shape index (κ2) is 3.24. The fourth-order valence-corrected chi connectivity index (χ4v) is 1.61. The highest BCUT2D eigenvalue weighted by molar-refractivity contribution is 7.81. The van der Waals surface area contributed by atoms with E-state index < -0.39 is 0 Å². The largest absolute Gasteiger partial charge is 0.258 e. The van der Waals surface area contributed by atoms with Crippen LogP contribution in [0.5, 0.6) is 0 Å². The molecule has 2 heterocycles. The monoisotopic (exact) mass is 204 g/mol. The van der Waals surface area contributed by atoms with E-state index in [1.54, 1.807) is 12.4 Å². The fourth-order valence-electron chi connectivity index (χ4n) is 1.45. The predicted octanol–water partition coefficient (Wildman–Crippen LogP) is 2.79. The van der Waals surface area contributed by atoms with Crippen LogP contribution in [0.3, 0.4) is 0 Å². The van der Waals surface area contributed by atoms with Gasteiger partial charge in [-0.25, -0.2) is 0 Å².